The van der Waals surface area contributed by atoms with E-state index in [9.17, 15) is 9.59 Å². The molecule has 1 heterocycles. The minimum atomic E-state index is -0.535. The first-order chi connectivity index (χ1) is 8.23. The Labute approximate surface area is 113 Å². The number of aryl methyl sites for hydroxylation is 1. The topological polar surface area (TPSA) is 44.0 Å². The van der Waals surface area contributed by atoms with Crippen LogP contribution in [-0.4, -0.2) is 9.13 Å². The van der Waals surface area contributed by atoms with Gasteiger partial charge in [0.2, 0.25) is 0 Å². The lowest BCUT2D eigenvalue weighted by atomic mass is 10.1. The molecule has 0 saturated heterocycles. The molecule has 1 aromatic carbocycles. The largest absolute Gasteiger partial charge is 0.331 e. The van der Waals surface area contributed by atoms with Crippen LogP contribution in [0.5, 0.6) is 0 Å². The predicted octanol–water partition coefficient (Wildman–Crippen LogP) is 2.22. The summed E-state index contributed by atoms with van der Waals surface area (Å²) in [7, 11) is 1.68. The molecule has 0 N–H and O–H groups in total. The minimum Gasteiger partial charge on any atom is -0.296 e. The minimum absolute atomic E-state index is 0.242. The highest BCUT2D eigenvalue weighted by atomic mass is 79.9. The summed E-state index contributed by atoms with van der Waals surface area (Å²) in [6, 6.07) is 5.33. The van der Waals surface area contributed by atoms with Crippen molar-refractivity contribution in [1.29, 1.82) is 0 Å². The Morgan fingerprint density at radius 1 is 1.17 bits per heavy atom. The smallest absolute Gasteiger partial charge is 0.296 e. The molecular formula is C13H15BrN2O2. The van der Waals surface area contributed by atoms with Crippen molar-refractivity contribution in [2.24, 2.45) is 7.05 Å². The third kappa shape index (κ3) is 1.92. The maximum absolute atomic E-state index is 12.4. The quantitative estimate of drug-likeness (QED) is 0.749. The van der Waals surface area contributed by atoms with E-state index in [0.717, 1.165) is 4.47 Å². The zero-order chi connectivity index (χ0) is 13.7. The summed E-state index contributed by atoms with van der Waals surface area (Å²) in [4.78, 5) is 24.7. The van der Waals surface area contributed by atoms with Crippen LogP contribution in [0, 0.1) is 0 Å². The number of hydrogen-bond acceptors (Lipinski definition) is 2. The zero-order valence-corrected chi connectivity index (χ0v) is 12.4. The molecule has 5 heteroatoms. The van der Waals surface area contributed by atoms with E-state index < -0.39 is 5.54 Å². The summed E-state index contributed by atoms with van der Waals surface area (Å²) in [5.74, 6) is 0. The molecule has 0 fully saturated rings. The molecule has 0 atom stereocenters. The van der Waals surface area contributed by atoms with Crippen LogP contribution < -0.4 is 11.2 Å². The molecular weight excluding hydrogens is 296 g/mol. The molecule has 0 unspecified atom stereocenters. The van der Waals surface area contributed by atoms with E-state index in [-0.39, 0.29) is 11.2 Å². The van der Waals surface area contributed by atoms with Crippen LogP contribution in [-0.2, 0) is 12.6 Å². The Morgan fingerprint density at radius 2 is 1.78 bits per heavy atom. The highest BCUT2D eigenvalue weighted by Crippen LogP contribution is 2.17. The van der Waals surface area contributed by atoms with Crippen LogP contribution in [0.4, 0.5) is 0 Å². The maximum Gasteiger partial charge on any atom is 0.331 e. The first-order valence-corrected chi connectivity index (χ1v) is 6.44. The van der Waals surface area contributed by atoms with Gasteiger partial charge in [0, 0.05) is 17.1 Å². The van der Waals surface area contributed by atoms with Crippen LogP contribution in [0.1, 0.15) is 20.8 Å². The fourth-order valence-electron chi connectivity index (χ4n) is 2.02. The van der Waals surface area contributed by atoms with Gasteiger partial charge in [-0.3, -0.25) is 13.9 Å². The normalized spacial score (nSPS) is 12.1. The van der Waals surface area contributed by atoms with Gasteiger partial charge < -0.3 is 0 Å². The first-order valence-electron chi connectivity index (χ1n) is 5.65. The van der Waals surface area contributed by atoms with Gasteiger partial charge in [0.1, 0.15) is 0 Å². The molecule has 2 aromatic rings. The van der Waals surface area contributed by atoms with Gasteiger partial charge in [-0.15, -0.1) is 0 Å². The Balaban J connectivity index is 3.08. The molecule has 0 aliphatic carbocycles. The van der Waals surface area contributed by atoms with Gasteiger partial charge in [-0.25, -0.2) is 4.79 Å². The van der Waals surface area contributed by atoms with Crippen molar-refractivity contribution in [2.75, 3.05) is 0 Å². The number of rotatable bonds is 0. The second-order valence-corrected chi connectivity index (χ2v) is 6.23. The van der Waals surface area contributed by atoms with Crippen LogP contribution in [0.15, 0.2) is 32.3 Å². The first kappa shape index (κ1) is 13.1. The molecule has 2 rings (SSSR count). The zero-order valence-electron chi connectivity index (χ0n) is 10.8. The summed E-state index contributed by atoms with van der Waals surface area (Å²) >= 11 is 3.35. The van der Waals surface area contributed by atoms with Gasteiger partial charge in [-0.05, 0) is 39.0 Å². The van der Waals surface area contributed by atoms with Gasteiger partial charge in [0.05, 0.1) is 10.9 Å². The summed E-state index contributed by atoms with van der Waals surface area (Å²) in [5.41, 5.74) is -0.432. The highest BCUT2D eigenvalue weighted by molar-refractivity contribution is 9.10. The summed E-state index contributed by atoms with van der Waals surface area (Å²) in [6.07, 6.45) is 0. The lowest BCUT2D eigenvalue weighted by Crippen LogP contribution is -2.47. The van der Waals surface area contributed by atoms with E-state index in [1.807, 2.05) is 20.8 Å². The molecule has 0 aliphatic rings. The van der Waals surface area contributed by atoms with Crippen molar-refractivity contribution in [2.45, 2.75) is 26.3 Å². The Bertz CT molecular complexity index is 735. The Hall–Kier alpha value is -1.36. The number of nitrogens with zero attached hydrogens (tertiary/aromatic N) is 2. The van der Waals surface area contributed by atoms with E-state index in [0.29, 0.717) is 10.9 Å². The van der Waals surface area contributed by atoms with E-state index in [1.54, 1.807) is 25.2 Å². The highest BCUT2D eigenvalue weighted by Gasteiger charge is 2.21. The standard InChI is InChI=1S/C13H15BrN2O2/c1-13(2,3)16-11(17)9-6-5-8(14)7-10(9)15(4)12(16)18/h5-7H,1-4H3. The molecule has 0 saturated carbocycles. The lowest BCUT2D eigenvalue weighted by Gasteiger charge is -2.22. The molecule has 0 aliphatic heterocycles. The van der Waals surface area contributed by atoms with Crippen molar-refractivity contribution in [1.82, 2.24) is 9.13 Å². The van der Waals surface area contributed by atoms with Crippen LogP contribution >= 0.6 is 15.9 Å². The molecule has 0 bridgehead atoms. The van der Waals surface area contributed by atoms with Crippen molar-refractivity contribution >= 4 is 26.8 Å². The molecule has 1 aromatic heterocycles. The average Bonchev–Trinajstić information content (AvgIpc) is 2.24. The van der Waals surface area contributed by atoms with Crippen molar-refractivity contribution in [3.05, 3.63) is 43.5 Å². The molecule has 0 amide bonds. The van der Waals surface area contributed by atoms with Gasteiger partial charge in [0.25, 0.3) is 5.56 Å². The van der Waals surface area contributed by atoms with Crippen molar-refractivity contribution in [3.63, 3.8) is 0 Å². The molecule has 4 nitrogen and oxygen atoms in total. The summed E-state index contributed by atoms with van der Waals surface area (Å²) < 4.78 is 3.65. The van der Waals surface area contributed by atoms with Gasteiger partial charge in [-0.1, -0.05) is 15.9 Å². The number of fused-ring (bicyclic) bond motifs is 1. The monoisotopic (exact) mass is 310 g/mol. The molecule has 0 spiro atoms. The van der Waals surface area contributed by atoms with Crippen LogP contribution in [0.2, 0.25) is 0 Å². The number of aromatic nitrogens is 2. The van der Waals surface area contributed by atoms with Gasteiger partial charge >= 0.3 is 5.69 Å². The second kappa shape index (κ2) is 4.09. The Kier molecular flexibility index (Phi) is 2.97. The van der Waals surface area contributed by atoms with E-state index >= 15 is 0 Å². The Morgan fingerprint density at radius 3 is 2.33 bits per heavy atom. The average molecular weight is 311 g/mol. The summed E-state index contributed by atoms with van der Waals surface area (Å²) in [6.45, 7) is 5.54. The van der Waals surface area contributed by atoms with Crippen molar-refractivity contribution in [3.8, 4) is 0 Å². The predicted molar refractivity (Wildman–Crippen MR) is 76.1 cm³/mol. The lowest BCUT2D eigenvalue weighted by molar-refractivity contribution is 0.362. The third-order valence-electron chi connectivity index (χ3n) is 2.90. The maximum atomic E-state index is 12.4. The van der Waals surface area contributed by atoms with E-state index in [2.05, 4.69) is 15.9 Å². The number of benzene rings is 1. The number of halogens is 1. The van der Waals surface area contributed by atoms with Crippen LogP contribution in [0.25, 0.3) is 10.9 Å². The van der Waals surface area contributed by atoms with Gasteiger partial charge in [-0.2, -0.15) is 0 Å². The second-order valence-electron chi connectivity index (χ2n) is 5.31. The fraction of sp³-hybridized carbons (Fsp3) is 0.385. The fourth-order valence-corrected chi connectivity index (χ4v) is 2.36. The molecule has 0 radical (unpaired) electrons. The van der Waals surface area contributed by atoms with E-state index in [4.69, 9.17) is 0 Å². The van der Waals surface area contributed by atoms with E-state index in [1.165, 1.54) is 9.13 Å². The molecule has 18 heavy (non-hydrogen) atoms. The molecule has 96 valence electrons. The van der Waals surface area contributed by atoms with Crippen LogP contribution in [0.3, 0.4) is 0 Å². The SMILES string of the molecule is Cn1c(=O)n(C(C)(C)C)c(=O)c2ccc(Br)cc21. The number of hydrogen-bond donors (Lipinski definition) is 0. The third-order valence-corrected chi connectivity index (χ3v) is 3.40. The van der Waals surface area contributed by atoms with Crippen molar-refractivity contribution < 1.29 is 0 Å². The summed E-state index contributed by atoms with van der Waals surface area (Å²) in [5, 5.41) is 0.551. The van der Waals surface area contributed by atoms with Gasteiger partial charge in [0.15, 0.2) is 0 Å².